The molecule has 2 aliphatic carbocycles. The zero-order chi connectivity index (χ0) is 73.3. The monoisotopic (exact) mass is 1390 g/mol. The van der Waals surface area contributed by atoms with Gasteiger partial charge >= 0.3 is 6.18 Å². The summed E-state index contributed by atoms with van der Waals surface area (Å²) in [4.78, 5) is 167. The number of likely N-dealkylation sites (tertiary alicyclic amines) is 2. The molecule has 28 heteroatoms. The number of nitrogens with two attached hydrogens (primary N) is 1. The van der Waals surface area contributed by atoms with Crippen LogP contribution in [0.15, 0.2) is 18.2 Å². The quantitative estimate of drug-likeness (QED) is 0.0446. The smallest absolute Gasteiger partial charge is 0.378 e. The van der Waals surface area contributed by atoms with Crippen LogP contribution >= 0.6 is 0 Å². The number of primary amides is 1. The third-order valence-electron chi connectivity index (χ3n) is 20.6. The maximum absolute atomic E-state index is 15.2. The van der Waals surface area contributed by atoms with Crippen LogP contribution in [0, 0.1) is 35.4 Å². The number of likely N-dealkylation sites (N-methyl/N-ethyl adjacent to an activating group) is 6. The van der Waals surface area contributed by atoms with E-state index in [1.807, 2.05) is 41.5 Å². The van der Waals surface area contributed by atoms with Crippen LogP contribution in [0.3, 0.4) is 0 Å². The van der Waals surface area contributed by atoms with E-state index in [0.717, 1.165) is 62.3 Å². The standard InChI is InChI=1S/C70H112F4N12O12/c1-14-45(6)46(7)64(94)81(10)41-59(89)79(8)42-60(90)83(12)56(38-47-23-16-15-17-24-47)67(97)80(9)40-57(87)76-51(29-27-48-26-28-49(50(71)37-48)70(72,73)74)66(96)86-34-22-25-53(86)63(93)78-69(30-18-19-31-69)68(98)84(13)55(36-44(4)5)62(92)77-52(65(95)85-32-20-21-33-85)39-58(88)82(11)54(61(75)91)35-43(2)3/h26,28,37,43-47,51-56,58,88H,14-25,27,29-36,38-42H2,1-13H3,(H2,75,91)(H,76,87)(H,77,92)(H,78,93)/t45-,46?,51-,52-,53-,54-,55-,56-,58?/m0/s1. The number of hydrogen-bond donors (Lipinski definition) is 5. The number of aliphatic hydroxyl groups is 1. The van der Waals surface area contributed by atoms with Crippen molar-refractivity contribution in [2.24, 2.45) is 35.3 Å². The van der Waals surface area contributed by atoms with E-state index in [-0.39, 0.29) is 106 Å². The topological polar surface area (TPSA) is 296 Å². The van der Waals surface area contributed by atoms with Crippen LogP contribution in [0.4, 0.5) is 17.6 Å². The summed E-state index contributed by atoms with van der Waals surface area (Å²) in [6.07, 6.45) is 1.72. The average Bonchev–Trinajstić information content (AvgIpc) is 1.54. The van der Waals surface area contributed by atoms with Crippen LogP contribution in [0.5, 0.6) is 0 Å². The van der Waals surface area contributed by atoms with E-state index in [4.69, 9.17) is 5.73 Å². The fourth-order valence-electron chi connectivity index (χ4n) is 14.1. The Hall–Kier alpha value is -6.97. The fourth-order valence-corrected chi connectivity index (χ4v) is 14.1. The predicted octanol–water partition coefficient (Wildman–Crippen LogP) is 5.06. The summed E-state index contributed by atoms with van der Waals surface area (Å²) in [6.45, 7) is 12.7. The number of nitrogens with one attached hydrogen (secondary N) is 3. The van der Waals surface area contributed by atoms with Crippen molar-refractivity contribution >= 4 is 65.0 Å². The molecule has 1 aromatic carbocycles. The Kier molecular flexibility index (Phi) is 30.8. The molecule has 24 nitrogen and oxygen atoms in total. The van der Waals surface area contributed by atoms with E-state index in [1.165, 1.54) is 71.7 Å². The van der Waals surface area contributed by atoms with Crippen LogP contribution in [-0.4, -0.2) is 239 Å². The summed E-state index contributed by atoms with van der Waals surface area (Å²) in [6, 6.07) is -4.88. The third-order valence-corrected chi connectivity index (χ3v) is 20.6. The van der Waals surface area contributed by atoms with Gasteiger partial charge in [0.25, 0.3) is 0 Å². The van der Waals surface area contributed by atoms with Crippen LogP contribution in [-0.2, 0) is 65.3 Å². The molecule has 0 spiro atoms. The molecule has 2 saturated carbocycles. The molecule has 2 saturated heterocycles. The number of aryl methyl sites for hydroxylation is 1. The van der Waals surface area contributed by atoms with Crippen molar-refractivity contribution in [2.75, 3.05) is 81.6 Å². The molecule has 5 rings (SSSR count). The third kappa shape index (κ3) is 22.3. The lowest BCUT2D eigenvalue weighted by molar-refractivity contribution is -0.149. The lowest BCUT2D eigenvalue weighted by Gasteiger charge is -2.39. The number of rotatable bonds is 34. The Morgan fingerprint density at radius 3 is 1.83 bits per heavy atom. The molecular weight excluding hydrogens is 1280 g/mol. The highest BCUT2D eigenvalue weighted by molar-refractivity contribution is 5.99. The minimum absolute atomic E-state index is 0.00690. The van der Waals surface area contributed by atoms with Gasteiger partial charge < -0.3 is 61.1 Å². The first-order chi connectivity index (χ1) is 45.9. The second-order valence-corrected chi connectivity index (χ2v) is 29.1. The largest absolute Gasteiger partial charge is 0.419 e. The summed E-state index contributed by atoms with van der Waals surface area (Å²) < 4.78 is 56.1. The van der Waals surface area contributed by atoms with E-state index < -0.39 is 138 Å². The SMILES string of the molecule is CC[C@H](C)C(C)C(=O)N(C)CC(=O)N(C)CC(=O)N(C)[C@@H](CC1CCCCC1)C(=O)N(C)CC(=O)N[C@@H](CCc1ccc(C(F)(F)F)c(F)c1)C(=O)N1CCC[C@H]1C(=O)NC1(C(=O)N(C)[C@@H](CC(C)C)C(=O)N[C@@H](CC(O)N(C)[C@@H](CC(C)C)C(N)=O)C(=O)N2CCCC2)CCCC1. The van der Waals surface area contributed by atoms with Crippen molar-refractivity contribution < 1.29 is 75.4 Å². The second kappa shape index (κ2) is 36.9. The Labute approximate surface area is 576 Å². The van der Waals surface area contributed by atoms with E-state index in [0.29, 0.717) is 50.9 Å². The van der Waals surface area contributed by atoms with Crippen LogP contribution in [0.25, 0.3) is 0 Å². The zero-order valence-corrected chi connectivity index (χ0v) is 60.1. The van der Waals surface area contributed by atoms with Crippen LogP contribution < -0.4 is 21.7 Å². The fraction of sp³-hybridized carbons (Fsp3) is 0.757. The Morgan fingerprint density at radius 1 is 0.663 bits per heavy atom. The van der Waals surface area contributed by atoms with Gasteiger partial charge in [0, 0.05) is 67.2 Å². The number of amides is 11. The molecule has 4 fully saturated rings. The minimum atomic E-state index is -5.00. The second-order valence-electron chi connectivity index (χ2n) is 29.1. The van der Waals surface area contributed by atoms with Gasteiger partial charge in [0.1, 0.15) is 47.8 Å². The number of alkyl halides is 3. The van der Waals surface area contributed by atoms with E-state index >= 15 is 14.0 Å². The van der Waals surface area contributed by atoms with E-state index in [1.54, 1.807) is 11.8 Å². The first-order valence-corrected chi connectivity index (χ1v) is 35.3. The number of halogens is 4. The number of nitrogens with zero attached hydrogens (tertiary/aromatic N) is 8. The van der Waals surface area contributed by atoms with Gasteiger partial charge in [-0.05, 0) is 119 Å². The van der Waals surface area contributed by atoms with Gasteiger partial charge in [-0.3, -0.25) is 57.6 Å². The van der Waals surface area contributed by atoms with Crippen molar-refractivity contribution in [1.29, 1.82) is 0 Å². The average molecular weight is 1390 g/mol. The molecule has 0 bridgehead atoms. The molecule has 0 aromatic heterocycles. The molecular formula is C70H112F4N12O12. The van der Waals surface area contributed by atoms with Crippen LogP contribution in [0.2, 0.25) is 0 Å². The molecule has 98 heavy (non-hydrogen) atoms. The first kappa shape index (κ1) is 81.7. The number of carbonyl (C=O) groups excluding carboxylic acids is 11. The summed E-state index contributed by atoms with van der Waals surface area (Å²) in [5.74, 6) is -8.61. The minimum Gasteiger partial charge on any atom is -0.378 e. The lowest BCUT2D eigenvalue weighted by atomic mass is 9.84. The summed E-state index contributed by atoms with van der Waals surface area (Å²) in [5, 5.41) is 20.1. The molecule has 9 atom stereocenters. The van der Waals surface area contributed by atoms with E-state index in [2.05, 4.69) is 16.0 Å². The van der Waals surface area contributed by atoms with Gasteiger partial charge in [-0.25, -0.2) is 4.39 Å². The normalized spacial score (nSPS) is 19.0. The highest BCUT2D eigenvalue weighted by Crippen LogP contribution is 2.36. The molecule has 11 amide bonds. The number of hydrogen-bond acceptors (Lipinski definition) is 13. The maximum atomic E-state index is 15.2. The summed E-state index contributed by atoms with van der Waals surface area (Å²) in [7, 11) is 8.70. The highest BCUT2D eigenvalue weighted by atomic mass is 19.4. The number of benzene rings is 1. The van der Waals surface area contributed by atoms with Crippen LogP contribution in [0.1, 0.15) is 182 Å². The summed E-state index contributed by atoms with van der Waals surface area (Å²) in [5.41, 5.74) is 2.73. The highest BCUT2D eigenvalue weighted by Gasteiger charge is 2.50. The predicted molar refractivity (Wildman–Crippen MR) is 360 cm³/mol. The first-order valence-electron chi connectivity index (χ1n) is 35.3. The van der Waals surface area contributed by atoms with Crippen molar-refractivity contribution in [3.05, 3.63) is 35.1 Å². The van der Waals surface area contributed by atoms with Gasteiger partial charge in [0.15, 0.2) is 0 Å². The van der Waals surface area contributed by atoms with Crippen molar-refractivity contribution in [3.8, 4) is 0 Å². The molecule has 6 N–H and O–H groups in total. The Morgan fingerprint density at radius 2 is 1.26 bits per heavy atom. The van der Waals surface area contributed by atoms with Gasteiger partial charge in [0.05, 0.1) is 31.2 Å². The molecule has 2 unspecified atom stereocenters. The lowest BCUT2D eigenvalue weighted by Crippen LogP contribution is -2.64. The zero-order valence-electron chi connectivity index (χ0n) is 60.1. The van der Waals surface area contributed by atoms with Crippen molar-refractivity contribution in [3.63, 3.8) is 0 Å². The molecule has 4 aliphatic rings. The van der Waals surface area contributed by atoms with Gasteiger partial charge in [-0.15, -0.1) is 0 Å². The van der Waals surface area contributed by atoms with Crippen molar-refractivity contribution in [2.45, 2.75) is 231 Å². The van der Waals surface area contributed by atoms with Crippen molar-refractivity contribution in [1.82, 2.24) is 55.1 Å². The summed E-state index contributed by atoms with van der Waals surface area (Å²) >= 11 is 0. The van der Waals surface area contributed by atoms with Gasteiger partial charge in [-0.2, -0.15) is 13.2 Å². The Balaban J connectivity index is 1.38. The molecule has 2 aliphatic heterocycles. The molecule has 1 aromatic rings. The van der Waals surface area contributed by atoms with E-state index in [9.17, 15) is 61.4 Å². The maximum Gasteiger partial charge on any atom is 0.419 e. The van der Waals surface area contributed by atoms with Gasteiger partial charge in [0.2, 0.25) is 65.0 Å². The molecule has 2 heterocycles. The number of aliphatic hydroxyl groups excluding tert-OH is 1. The Bertz CT molecular complexity index is 2940. The molecule has 0 radical (unpaired) electrons. The molecule has 552 valence electrons. The van der Waals surface area contributed by atoms with Gasteiger partial charge in [-0.1, -0.05) is 106 Å². The number of carbonyl (C=O) groups is 11.